The highest BCUT2D eigenvalue weighted by Crippen LogP contribution is 2.27. The van der Waals surface area contributed by atoms with E-state index in [1.165, 1.54) is 0 Å². The Morgan fingerprint density at radius 2 is 1.64 bits per heavy atom. The van der Waals surface area contributed by atoms with E-state index in [9.17, 15) is 9.59 Å². The monoisotopic (exact) mass is 288 g/mol. The summed E-state index contributed by atoms with van der Waals surface area (Å²) >= 11 is 0. The molecule has 0 saturated carbocycles. The summed E-state index contributed by atoms with van der Waals surface area (Å²) in [5.74, 6) is 2.42. The second-order valence-electron chi connectivity index (χ2n) is 5.04. The highest BCUT2D eigenvalue weighted by atomic mass is 16.1. The lowest BCUT2D eigenvalue weighted by molar-refractivity contribution is 0.0973. The van der Waals surface area contributed by atoms with E-state index >= 15 is 0 Å². The van der Waals surface area contributed by atoms with Gasteiger partial charge in [0, 0.05) is 41.1 Å². The number of nitrogens with zero attached hydrogens (tertiary/aromatic N) is 2. The predicted molar refractivity (Wildman–Crippen MR) is 81.5 cm³/mol. The number of ketones is 2. The first-order chi connectivity index (χ1) is 10.6. The van der Waals surface area contributed by atoms with Gasteiger partial charge in [-0.1, -0.05) is 24.3 Å². The fourth-order valence-electron chi connectivity index (χ4n) is 2.49. The van der Waals surface area contributed by atoms with E-state index in [1.54, 1.807) is 43.6 Å². The summed E-state index contributed by atoms with van der Waals surface area (Å²) in [6, 6.07) is 6.88. The quantitative estimate of drug-likeness (QED) is 0.796. The number of carbonyl (C=O) groups is 2. The Morgan fingerprint density at radius 3 is 2.23 bits per heavy atom. The van der Waals surface area contributed by atoms with Crippen molar-refractivity contribution in [1.82, 2.24) is 9.97 Å². The molecule has 0 spiro atoms. The van der Waals surface area contributed by atoms with Crippen LogP contribution in [0.3, 0.4) is 0 Å². The summed E-state index contributed by atoms with van der Waals surface area (Å²) in [6.07, 6.45) is 8.70. The van der Waals surface area contributed by atoms with Crippen LogP contribution in [-0.4, -0.2) is 21.5 Å². The second-order valence-corrected chi connectivity index (χ2v) is 5.04. The highest BCUT2D eigenvalue weighted by molar-refractivity contribution is 6.26. The smallest absolute Gasteiger partial charge is 0.204 e. The second kappa shape index (κ2) is 5.38. The van der Waals surface area contributed by atoms with Gasteiger partial charge in [0.1, 0.15) is 0 Å². The fraction of sp³-hybridized carbons (Fsp3) is 0.111. The highest BCUT2D eigenvalue weighted by Gasteiger charge is 2.29. The first-order valence-corrected chi connectivity index (χ1v) is 6.77. The maximum Gasteiger partial charge on any atom is 0.204 e. The Hall–Kier alpha value is -3.06. The van der Waals surface area contributed by atoms with Gasteiger partial charge in [0.15, 0.2) is 11.6 Å². The largest absolute Gasteiger partial charge is 0.289 e. The fourth-order valence-corrected chi connectivity index (χ4v) is 2.49. The van der Waals surface area contributed by atoms with Crippen LogP contribution in [0, 0.1) is 12.3 Å². The van der Waals surface area contributed by atoms with Gasteiger partial charge in [-0.2, -0.15) is 0 Å². The molecule has 22 heavy (non-hydrogen) atoms. The molecule has 0 amide bonds. The molecule has 3 rings (SSSR count). The average molecular weight is 288 g/mol. The number of rotatable bonds is 2. The van der Waals surface area contributed by atoms with Gasteiger partial charge >= 0.3 is 0 Å². The molecule has 4 nitrogen and oxygen atoms in total. The van der Waals surface area contributed by atoms with E-state index < -0.39 is 0 Å². The molecule has 106 valence electrons. The lowest BCUT2D eigenvalue weighted by Gasteiger charge is -2.18. The normalized spacial score (nSPS) is 13.8. The summed E-state index contributed by atoms with van der Waals surface area (Å²) < 4.78 is 0. The first kappa shape index (κ1) is 13.9. The van der Waals surface area contributed by atoms with Crippen LogP contribution in [0.5, 0.6) is 0 Å². The number of Topliss-reactive ketones (excluding diaryl/α,β-unsaturated/α-hetero) is 2. The van der Waals surface area contributed by atoms with Crippen molar-refractivity contribution in [2.24, 2.45) is 0 Å². The zero-order valence-corrected chi connectivity index (χ0v) is 12.0. The molecule has 0 N–H and O–H groups in total. The molecule has 0 bridgehead atoms. The minimum Gasteiger partial charge on any atom is -0.289 e. The minimum absolute atomic E-state index is 0.105. The van der Waals surface area contributed by atoms with Gasteiger partial charge in [-0.15, -0.1) is 6.42 Å². The molecule has 0 atom stereocenters. The Morgan fingerprint density at radius 1 is 1.05 bits per heavy atom. The molecule has 1 heterocycles. The number of hydrogen-bond donors (Lipinski definition) is 0. The van der Waals surface area contributed by atoms with Crippen molar-refractivity contribution in [2.75, 3.05) is 0 Å². The van der Waals surface area contributed by atoms with Crippen LogP contribution in [0.15, 0.2) is 47.8 Å². The molecule has 1 aromatic heterocycles. The lowest BCUT2D eigenvalue weighted by Crippen LogP contribution is -2.22. The number of aromatic nitrogens is 2. The number of carbonyl (C=O) groups excluding carboxylic acids is 2. The Labute approximate surface area is 127 Å². The summed E-state index contributed by atoms with van der Waals surface area (Å²) in [5.41, 5.74) is 2.63. The number of fused-ring (bicyclic) bond motifs is 1. The van der Waals surface area contributed by atoms with Crippen molar-refractivity contribution in [2.45, 2.75) is 13.3 Å². The van der Waals surface area contributed by atoms with Gasteiger partial charge in [-0.05, 0) is 18.4 Å². The SMILES string of the molecule is C#Cc1ncc(CC2=C(C)C(=O)c3ccccc3C2=O)cn1. The summed E-state index contributed by atoms with van der Waals surface area (Å²) in [6.45, 7) is 1.68. The van der Waals surface area contributed by atoms with E-state index in [0.717, 1.165) is 5.56 Å². The zero-order valence-electron chi connectivity index (χ0n) is 12.0. The van der Waals surface area contributed by atoms with Crippen LogP contribution in [0.25, 0.3) is 0 Å². The van der Waals surface area contributed by atoms with Gasteiger partial charge in [-0.25, -0.2) is 9.97 Å². The number of terminal acetylenes is 1. The van der Waals surface area contributed by atoms with E-state index in [-0.39, 0.29) is 11.6 Å². The maximum atomic E-state index is 12.6. The van der Waals surface area contributed by atoms with E-state index in [2.05, 4.69) is 15.9 Å². The van der Waals surface area contributed by atoms with Crippen molar-refractivity contribution in [3.05, 3.63) is 70.3 Å². The van der Waals surface area contributed by atoms with E-state index in [0.29, 0.717) is 34.5 Å². The molecule has 1 aliphatic carbocycles. The topological polar surface area (TPSA) is 59.9 Å². The van der Waals surface area contributed by atoms with Crippen molar-refractivity contribution in [1.29, 1.82) is 0 Å². The van der Waals surface area contributed by atoms with Crippen molar-refractivity contribution < 1.29 is 9.59 Å². The lowest BCUT2D eigenvalue weighted by atomic mass is 9.82. The maximum absolute atomic E-state index is 12.6. The average Bonchev–Trinajstić information content (AvgIpc) is 2.57. The van der Waals surface area contributed by atoms with Gasteiger partial charge in [-0.3, -0.25) is 9.59 Å². The van der Waals surface area contributed by atoms with Crippen LogP contribution >= 0.6 is 0 Å². The minimum atomic E-state index is -0.117. The van der Waals surface area contributed by atoms with Crippen molar-refractivity contribution >= 4 is 11.6 Å². The van der Waals surface area contributed by atoms with Crippen LogP contribution in [-0.2, 0) is 6.42 Å². The molecular formula is C18H12N2O2. The first-order valence-electron chi connectivity index (χ1n) is 6.77. The third-order valence-electron chi connectivity index (χ3n) is 3.70. The Kier molecular flexibility index (Phi) is 3.40. The van der Waals surface area contributed by atoms with E-state index in [1.807, 2.05) is 0 Å². The standard InChI is InChI=1S/C18H12N2O2/c1-3-16-19-9-12(10-20-16)8-15-11(2)17(21)13-6-4-5-7-14(13)18(15)22/h1,4-7,9-10H,8H2,2H3. The van der Waals surface area contributed by atoms with Crippen molar-refractivity contribution in [3.8, 4) is 12.3 Å². The molecule has 0 saturated heterocycles. The van der Waals surface area contributed by atoms with Crippen LogP contribution in [0.2, 0.25) is 0 Å². The van der Waals surface area contributed by atoms with Crippen LogP contribution in [0.1, 0.15) is 39.0 Å². The third kappa shape index (κ3) is 2.23. The molecule has 0 aliphatic heterocycles. The molecular weight excluding hydrogens is 276 g/mol. The molecule has 4 heteroatoms. The summed E-state index contributed by atoms with van der Waals surface area (Å²) in [7, 11) is 0. The summed E-state index contributed by atoms with van der Waals surface area (Å²) in [5, 5.41) is 0. The molecule has 0 radical (unpaired) electrons. The number of hydrogen-bond acceptors (Lipinski definition) is 4. The van der Waals surface area contributed by atoms with Crippen LogP contribution in [0.4, 0.5) is 0 Å². The van der Waals surface area contributed by atoms with Gasteiger partial charge in [0.2, 0.25) is 5.82 Å². The molecule has 0 fully saturated rings. The van der Waals surface area contributed by atoms with Gasteiger partial charge in [0.25, 0.3) is 0 Å². The molecule has 0 unspecified atom stereocenters. The Balaban J connectivity index is 2.00. The number of benzene rings is 1. The van der Waals surface area contributed by atoms with E-state index in [4.69, 9.17) is 6.42 Å². The number of allylic oxidation sites excluding steroid dienone is 2. The molecule has 1 aromatic carbocycles. The Bertz CT molecular complexity index is 855. The zero-order chi connectivity index (χ0) is 15.7. The predicted octanol–water partition coefficient (Wildman–Crippen LogP) is 2.40. The molecule has 1 aliphatic rings. The van der Waals surface area contributed by atoms with Gasteiger partial charge < -0.3 is 0 Å². The van der Waals surface area contributed by atoms with Gasteiger partial charge in [0.05, 0.1) is 0 Å². The summed E-state index contributed by atoms with van der Waals surface area (Å²) in [4.78, 5) is 33.0. The van der Waals surface area contributed by atoms with Crippen molar-refractivity contribution in [3.63, 3.8) is 0 Å². The van der Waals surface area contributed by atoms with Crippen LogP contribution < -0.4 is 0 Å². The third-order valence-corrected chi connectivity index (χ3v) is 3.70. The molecule has 2 aromatic rings.